The Kier molecular flexibility index (Phi) is 10.8. The summed E-state index contributed by atoms with van der Waals surface area (Å²) in [7, 11) is 0. The number of hydrogen-bond donors (Lipinski definition) is 0. The summed E-state index contributed by atoms with van der Waals surface area (Å²) in [6, 6.07) is 98.8. The average molecular weight is 964 g/mol. The van der Waals surface area contributed by atoms with Crippen molar-refractivity contribution in [3.8, 4) is 33.4 Å². The molecule has 0 fully saturated rings. The standard InChI is InChI=1S/C74H61N/c1-71(2,3)51-34-38-55(39-35-51)73(53-24-12-8-13-25-53)66-32-20-18-29-61(66)63-44-42-57(48-68(63)73)75(70-47-46-59(50-22-10-7-11-23-50)60-28-16-17-31-65(60)70)58-43-45-64-62-30-19-21-33-67(62)74(69(64)49-58,54-26-14-9-15-27-54)56-40-36-52(37-41-56)72(4,5)6/h7-49H,1-6H3. The summed E-state index contributed by atoms with van der Waals surface area (Å²) in [4.78, 5) is 2.56. The number of rotatable bonds is 8. The van der Waals surface area contributed by atoms with Gasteiger partial charge in [0.2, 0.25) is 0 Å². The van der Waals surface area contributed by atoms with E-state index >= 15 is 0 Å². The third-order valence-corrected chi connectivity index (χ3v) is 16.6. The molecule has 2 aliphatic rings. The van der Waals surface area contributed by atoms with Gasteiger partial charge < -0.3 is 4.90 Å². The van der Waals surface area contributed by atoms with Crippen molar-refractivity contribution in [1.82, 2.24) is 0 Å². The lowest BCUT2D eigenvalue weighted by Gasteiger charge is -2.36. The van der Waals surface area contributed by atoms with Gasteiger partial charge in [0.1, 0.15) is 0 Å². The van der Waals surface area contributed by atoms with Gasteiger partial charge in [-0.25, -0.2) is 0 Å². The first-order chi connectivity index (χ1) is 36.5. The average Bonchev–Trinajstić information content (AvgIpc) is 4.13. The van der Waals surface area contributed by atoms with E-state index in [1.54, 1.807) is 0 Å². The first kappa shape index (κ1) is 46.3. The molecule has 11 aromatic rings. The van der Waals surface area contributed by atoms with Crippen LogP contribution >= 0.6 is 0 Å². The van der Waals surface area contributed by atoms with E-state index in [2.05, 4.69) is 307 Å². The molecule has 0 radical (unpaired) electrons. The van der Waals surface area contributed by atoms with Gasteiger partial charge in [0, 0.05) is 16.8 Å². The van der Waals surface area contributed by atoms with E-state index in [-0.39, 0.29) is 10.8 Å². The van der Waals surface area contributed by atoms with Gasteiger partial charge in [0.05, 0.1) is 16.5 Å². The zero-order valence-corrected chi connectivity index (χ0v) is 43.8. The Balaban J connectivity index is 1.11. The zero-order chi connectivity index (χ0) is 51.1. The highest BCUT2D eigenvalue weighted by molar-refractivity contribution is 6.07. The molecule has 75 heavy (non-hydrogen) atoms. The fraction of sp³-hybridized carbons (Fsp3) is 0.135. The van der Waals surface area contributed by atoms with Gasteiger partial charge in [-0.05, 0) is 136 Å². The molecule has 13 rings (SSSR count). The third kappa shape index (κ3) is 7.20. The summed E-state index contributed by atoms with van der Waals surface area (Å²) < 4.78 is 0. The lowest BCUT2D eigenvalue weighted by molar-refractivity contribution is 0.589. The summed E-state index contributed by atoms with van der Waals surface area (Å²) in [5, 5.41) is 2.40. The van der Waals surface area contributed by atoms with Crippen molar-refractivity contribution < 1.29 is 0 Å². The Labute approximate surface area is 443 Å². The Morgan fingerprint density at radius 1 is 0.280 bits per heavy atom. The Morgan fingerprint density at radius 3 is 1.09 bits per heavy atom. The van der Waals surface area contributed by atoms with Crippen molar-refractivity contribution in [2.45, 2.75) is 63.2 Å². The van der Waals surface area contributed by atoms with Gasteiger partial charge in [-0.1, -0.05) is 272 Å². The van der Waals surface area contributed by atoms with Gasteiger partial charge in [-0.15, -0.1) is 0 Å². The molecule has 0 aliphatic heterocycles. The summed E-state index contributed by atoms with van der Waals surface area (Å²) >= 11 is 0. The van der Waals surface area contributed by atoms with E-state index in [1.165, 1.54) is 99.8 Å². The molecular weight excluding hydrogens is 903 g/mol. The highest BCUT2D eigenvalue weighted by Gasteiger charge is 2.48. The minimum absolute atomic E-state index is 0.0155. The zero-order valence-electron chi connectivity index (χ0n) is 43.8. The number of nitrogens with zero attached hydrogens (tertiary/aromatic N) is 1. The predicted octanol–water partition coefficient (Wildman–Crippen LogP) is 19.3. The van der Waals surface area contributed by atoms with Crippen molar-refractivity contribution in [1.29, 1.82) is 0 Å². The number of fused-ring (bicyclic) bond motifs is 7. The van der Waals surface area contributed by atoms with Gasteiger partial charge >= 0.3 is 0 Å². The molecule has 0 saturated carbocycles. The van der Waals surface area contributed by atoms with Crippen LogP contribution < -0.4 is 4.90 Å². The van der Waals surface area contributed by atoms with Crippen LogP contribution in [0.2, 0.25) is 0 Å². The number of hydrogen-bond acceptors (Lipinski definition) is 1. The van der Waals surface area contributed by atoms with E-state index in [0.29, 0.717) is 0 Å². The van der Waals surface area contributed by atoms with Crippen molar-refractivity contribution in [2.24, 2.45) is 0 Å². The van der Waals surface area contributed by atoms with Crippen LogP contribution in [0.4, 0.5) is 17.1 Å². The van der Waals surface area contributed by atoms with Gasteiger partial charge in [0.25, 0.3) is 0 Å². The minimum atomic E-state index is -0.591. The lowest BCUT2D eigenvalue weighted by Crippen LogP contribution is -2.29. The smallest absolute Gasteiger partial charge is 0.0714 e. The maximum atomic E-state index is 2.56. The van der Waals surface area contributed by atoms with Crippen LogP contribution in [0.3, 0.4) is 0 Å². The van der Waals surface area contributed by atoms with Crippen LogP contribution in [0.25, 0.3) is 44.2 Å². The molecule has 0 spiro atoms. The first-order valence-electron chi connectivity index (χ1n) is 26.7. The van der Waals surface area contributed by atoms with Crippen LogP contribution in [-0.4, -0.2) is 0 Å². The molecule has 0 aromatic heterocycles. The molecule has 2 aliphatic carbocycles. The molecule has 2 unspecified atom stereocenters. The second kappa shape index (κ2) is 17.6. The fourth-order valence-corrected chi connectivity index (χ4v) is 13.0. The quantitative estimate of drug-likeness (QED) is 0.147. The van der Waals surface area contributed by atoms with E-state index < -0.39 is 10.8 Å². The summed E-state index contributed by atoms with van der Waals surface area (Å²) in [5.74, 6) is 0. The normalized spacial score (nSPS) is 16.5. The maximum Gasteiger partial charge on any atom is 0.0714 e. The summed E-state index contributed by atoms with van der Waals surface area (Å²) in [5.41, 5.74) is 22.5. The molecule has 0 heterocycles. The maximum absolute atomic E-state index is 2.56. The Hall–Kier alpha value is -8.52. The minimum Gasteiger partial charge on any atom is -0.310 e. The topological polar surface area (TPSA) is 3.24 Å². The van der Waals surface area contributed by atoms with E-state index in [9.17, 15) is 0 Å². The van der Waals surface area contributed by atoms with Crippen LogP contribution in [0.5, 0.6) is 0 Å². The SMILES string of the molecule is CC(C)(C)c1ccc(C2(c3ccccc3)c3ccccc3-c3ccc(N(c4ccc5c(c4)C(c4ccccc4)(c4ccc(C(C)(C)C)cc4)c4ccccc4-5)c4ccc(-c5ccccc5)c5ccccc45)cc32)cc1. The number of benzene rings is 11. The van der Waals surface area contributed by atoms with Crippen LogP contribution in [0.15, 0.2) is 261 Å². The first-order valence-corrected chi connectivity index (χ1v) is 26.7. The Morgan fingerprint density at radius 2 is 0.640 bits per heavy atom. The highest BCUT2D eigenvalue weighted by atomic mass is 15.1. The van der Waals surface area contributed by atoms with E-state index in [1.807, 2.05) is 0 Å². The predicted molar refractivity (Wildman–Crippen MR) is 316 cm³/mol. The third-order valence-electron chi connectivity index (χ3n) is 16.6. The lowest BCUT2D eigenvalue weighted by atomic mass is 9.67. The summed E-state index contributed by atoms with van der Waals surface area (Å²) in [6.45, 7) is 13.8. The second-order valence-corrected chi connectivity index (χ2v) is 22.8. The van der Waals surface area contributed by atoms with Gasteiger partial charge in [-0.2, -0.15) is 0 Å². The number of anilines is 3. The van der Waals surface area contributed by atoms with Crippen LogP contribution in [0, 0.1) is 0 Å². The van der Waals surface area contributed by atoms with Crippen molar-refractivity contribution in [2.75, 3.05) is 4.90 Å². The van der Waals surface area contributed by atoms with Crippen LogP contribution in [-0.2, 0) is 21.7 Å². The molecule has 1 nitrogen and oxygen atoms in total. The molecular formula is C74H61N. The largest absolute Gasteiger partial charge is 0.310 e. The second-order valence-electron chi connectivity index (χ2n) is 22.8. The van der Waals surface area contributed by atoms with E-state index in [0.717, 1.165) is 17.1 Å². The monoisotopic (exact) mass is 963 g/mol. The summed E-state index contributed by atoms with van der Waals surface area (Å²) in [6.07, 6.45) is 0. The molecule has 362 valence electrons. The van der Waals surface area contributed by atoms with Crippen molar-refractivity contribution in [3.63, 3.8) is 0 Å². The van der Waals surface area contributed by atoms with Gasteiger partial charge in [-0.3, -0.25) is 0 Å². The Bertz CT molecular complexity index is 3730. The molecule has 0 amide bonds. The van der Waals surface area contributed by atoms with E-state index in [4.69, 9.17) is 0 Å². The van der Waals surface area contributed by atoms with Crippen molar-refractivity contribution >= 4 is 27.8 Å². The highest BCUT2D eigenvalue weighted by Crippen LogP contribution is 2.60. The fourth-order valence-electron chi connectivity index (χ4n) is 13.0. The molecule has 0 bridgehead atoms. The molecule has 2 atom stereocenters. The molecule has 1 heteroatoms. The molecule has 0 N–H and O–H groups in total. The van der Waals surface area contributed by atoms with Gasteiger partial charge in [0.15, 0.2) is 0 Å². The van der Waals surface area contributed by atoms with Crippen LogP contribution in [0.1, 0.15) is 97.2 Å². The van der Waals surface area contributed by atoms with Crippen molar-refractivity contribution in [3.05, 3.63) is 316 Å². The molecule has 11 aromatic carbocycles. The molecule has 0 saturated heterocycles.